The summed E-state index contributed by atoms with van der Waals surface area (Å²) in [5, 5.41) is 19.9. The van der Waals surface area contributed by atoms with E-state index in [2.05, 4.69) is 9.97 Å². The first-order valence-electron chi connectivity index (χ1n) is 7.97. The number of nitrogen functional groups attached to an aromatic ring is 1. The van der Waals surface area contributed by atoms with Gasteiger partial charge in [-0.05, 0) is 6.42 Å². The Bertz CT molecular complexity index is 890. The number of aryl methyl sites for hydroxylation is 1. The van der Waals surface area contributed by atoms with E-state index in [4.69, 9.17) is 10.5 Å². The summed E-state index contributed by atoms with van der Waals surface area (Å²) in [6.45, 7) is 1.06. The van der Waals surface area contributed by atoms with Gasteiger partial charge in [0.25, 0.3) is 5.56 Å². The predicted octanol–water partition coefficient (Wildman–Crippen LogP) is -1.14. The van der Waals surface area contributed by atoms with Crippen LogP contribution in [0, 0.1) is 0 Å². The van der Waals surface area contributed by atoms with Crippen molar-refractivity contribution in [1.82, 2.24) is 19.1 Å². The van der Waals surface area contributed by atoms with Crippen LogP contribution >= 0.6 is 0 Å². The first-order valence-corrected chi connectivity index (χ1v) is 7.97. The Balaban J connectivity index is 2.18. The molecule has 10 nitrogen and oxygen atoms in total. The average molecular weight is 357 g/mol. The molecule has 1 saturated heterocycles. The predicted molar refractivity (Wildman–Crippen MR) is 85.8 cm³/mol. The average Bonchev–Trinajstić information content (AvgIpc) is 3.05. The third-order valence-electron chi connectivity index (χ3n) is 4.24. The summed E-state index contributed by atoms with van der Waals surface area (Å²) in [5.74, 6) is -0.187. The second-order valence-electron chi connectivity index (χ2n) is 6.02. The molecule has 1 aliphatic heterocycles. The summed E-state index contributed by atoms with van der Waals surface area (Å²) in [7, 11) is 0. The highest BCUT2D eigenvalue weighted by Crippen LogP contribution is 2.31. The lowest BCUT2D eigenvalue weighted by Crippen LogP contribution is -2.32. The highest BCUT2D eigenvalue weighted by Gasteiger charge is 2.41. The van der Waals surface area contributed by atoms with E-state index in [9.17, 15) is 24.2 Å². The van der Waals surface area contributed by atoms with Crippen molar-refractivity contribution in [1.29, 1.82) is 0 Å². The molecule has 0 unspecified atom stereocenters. The molecule has 0 spiro atoms. The highest BCUT2D eigenvalue weighted by atomic mass is 19.1. The zero-order valence-corrected chi connectivity index (χ0v) is 13.6. The maximum absolute atomic E-state index is 12.8. The van der Waals surface area contributed by atoms with E-state index in [-0.39, 0.29) is 30.1 Å². The van der Waals surface area contributed by atoms with Crippen molar-refractivity contribution in [2.45, 2.75) is 50.8 Å². The number of H-pyrrole nitrogens is 1. The van der Waals surface area contributed by atoms with Crippen LogP contribution in [-0.2, 0) is 11.3 Å². The van der Waals surface area contributed by atoms with Gasteiger partial charge in [0.1, 0.15) is 18.9 Å². The molecule has 3 rings (SSSR count). The molecule has 0 radical (unpaired) electrons. The SMILES string of the molecule is CCCn1c(=O)n([C@@H]2O[C@H]([C@@H](O)CF)C[C@H]2O)c2nc(N)[nH]c(=O)c21. The molecule has 0 bridgehead atoms. The van der Waals surface area contributed by atoms with Crippen LogP contribution in [0.1, 0.15) is 26.0 Å². The number of halogens is 1. The summed E-state index contributed by atoms with van der Waals surface area (Å²) in [6, 6.07) is 0. The minimum atomic E-state index is -1.42. The highest BCUT2D eigenvalue weighted by molar-refractivity contribution is 5.71. The lowest BCUT2D eigenvalue weighted by atomic mass is 10.1. The Labute approximate surface area is 140 Å². The molecule has 2 aromatic heterocycles. The molecule has 2 aromatic rings. The van der Waals surface area contributed by atoms with Crippen molar-refractivity contribution in [2.75, 3.05) is 12.4 Å². The largest absolute Gasteiger partial charge is 0.388 e. The lowest BCUT2D eigenvalue weighted by Gasteiger charge is -2.17. The number of alkyl halides is 1. The van der Waals surface area contributed by atoms with Crippen LogP contribution in [0.15, 0.2) is 9.59 Å². The number of anilines is 1. The van der Waals surface area contributed by atoms with E-state index in [0.717, 1.165) is 4.57 Å². The summed E-state index contributed by atoms with van der Waals surface area (Å²) in [6.07, 6.45) is -4.23. The third kappa shape index (κ3) is 2.83. The van der Waals surface area contributed by atoms with Gasteiger partial charge < -0.3 is 20.7 Å². The Morgan fingerprint density at radius 3 is 2.88 bits per heavy atom. The summed E-state index contributed by atoms with van der Waals surface area (Å²) in [4.78, 5) is 31.4. The molecule has 0 amide bonds. The van der Waals surface area contributed by atoms with Crippen LogP contribution in [0.3, 0.4) is 0 Å². The number of nitrogens with zero attached hydrogens (tertiary/aromatic N) is 3. The smallest absolute Gasteiger partial charge is 0.332 e. The standard InChI is InChI=1S/C14H20FN5O5/c1-2-3-19-9-10(17-13(16)18-11(9)23)20(14(19)24)12-6(21)4-8(25-12)7(22)5-15/h6-8,12,21-22H,2-5H2,1H3,(H3,16,17,18,23)/t6-,7+,8+,12-/m1/s1. The van der Waals surface area contributed by atoms with Crippen molar-refractivity contribution >= 4 is 17.1 Å². The normalized spacial score (nSPS) is 24.9. The molecule has 0 aromatic carbocycles. The van der Waals surface area contributed by atoms with E-state index in [1.54, 1.807) is 0 Å². The van der Waals surface area contributed by atoms with Crippen molar-refractivity contribution < 1.29 is 19.3 Å². The minimum Gasteiger partial charge on any atom is -0.388 e. The third-order valence-corrected chi connectivity index (χ3v) is 4.24. The van der Waals surface area contributed by atoms with Gasteiger partial charge in [-0.25, -0.2) is 13.8 Å². The maximum atomic E-state index is 12.8. The van der Waals surface area contributed by atoms with E-state index in [1.165, 1.54) is 4.57 Å². The fraction of sp³-hybridized carbons (Fsp3) is 0.643. The number of hydrogen-bond donors (Lipinski definition) is 4. The number of nitrogens with one attached hydrogen (secondary N) is 1. The zero-order valence-electron chi connectivity index (χ0n) is 13.6. The van der Waals surface area contributed by atoms with Crippen molar-refractivity contribution in [3.05, 3.63) is 20.8 Å². The van der Waals surface area contributed by atoms with Gasteiger partial charge in [0.15, 0.2) is 17.4 Å². The summed E-state index contributed by atoms with van der Waals surface area (Å²) < 4.78 is 20.4. The number of aliphatic hydroxyl groups excluding tert-OH is 2. The second kappa shape index (κ2) is 6.58. The molecule has 25 heavy (non-hydrogen) atoms. The summed E-state index contributed by atoms with van der Waals surface area (Å²) in [5.41, 5.74) is 4.38. The Morgan fingerprint density at radius 1 is 1.52 bits per heavy atom. The van der Waals surface area contributed by atoms with Crippen LogP contribution in [0.2, 0.25) is 0 Å². The molecule has 138 valence electrons. The number of hydrogen-bond acceptors (Lipinski definition) is 7. The van der Waals surface area contributed by atoms with E-state index >= 15 is 0 Å². The molecule has 3 heterocycles. The fourth-order valence-electron chi connectivity index (χ4n) is 3.12. The van der Waals surface area contributed by atoms with Crippen LogP contribution < -0.4 is 17.0 Å². The Morgan fingerprint density at radius 2 is 2.24 bits per heavy atom. The molecule has 11 heteroatoms. The van der Waals surface area contributed by atoms with Gasteiger partial charge in [-0.1, -0.05) is 6.92 Å². The number of rotatable bonds is 5. The van der Waals surface area contributed by atoms with Crippen LogP contribution in [0.4, 0.5) is 10.3 Å². The first kappa shape index (κ1) is 17.6. The van der Waals surface area contributed by atoms with Crippen LogP contribution in [-0.4, -0.2) is 54.3 Å². The topological polar surface area (TPSA) is 148 Å². The fourth-order valence-corrected chi connectivity index (χ4v) is 3.12. The second-order valence-corrected chi connectivity index (χ2v) is 6.02. The maximum Gasteiger partial charge on any atom is 0.332 e. The van der Waals surface area contributed by atoms with Crippen molar-refractivity contribution in [3.63, 3.8) is 0 Å². The van der Waals surface area contributed by atoms with E-state index in [1.807, 2.05) is 6.92 Å². The molecule has 4 atom stereocenters. The Kier molecular flexibility index (Phi) is 4.62. The molecular formula is C14H20FN5O5. The lowest BCUT2D eigenvalue weighted by molar-refractivity contribution is -0.0797. The molecule has 5 N–H and O–H groups in total. The summed E-state index contributed by atoms with van der Waals surface area (Å²) >= 11 is 0. The quantitative estimate of drug-likeness (QED) is 0.528. The number of aromatic amines is 1. The first-order chi connectivity index (χ1) is 11.9. The number of nitrogens with two attached hydrogens (primary N) is 1. The van der Waals surface area contributed by atoms with Gasteiger partial charge in [-0.2, -0.15) is 4.98 Å². The van der Waals surface area contributed by atoms with Gasteiger partial charge in [0, 0.05) is 13.0 Å². The molecular weight excluding hydrogens is 337 g/mol. The monoisotopic (exact) mass is 357 g/mol. The molecule has 0 aliphatic carbocycles. The number of fused-ring (bicyclic) bond motifs is 1. The van der Waals surface area contributed by atoms with Gasteiger partial charge in [-0.15, -0.1) is 0 Å². The zero-order chi connectivity index (χ0) is 18.3. The molecule has 1 aliphatic rings. The van der Waals surface area contributed by atoms with Gasteiger partial charge in [0.2, 0.25) is 5.95 Å². The van der Waals surface area contributed by atoms with E-state index in [0.29, 0.717) is 6.42 Å². The van der Waals surface area contributed by atoms with Gasteiger partial charge >= 0.3 is 5.69 Å². The van der Waals surface area contributed by atoms with Gasteiger partial charge in [0.05, 0.1) is 6.10 Å². The number of aliphatic hydroxyl groups is 2. The number of aromatic nitrogens is 4. The number of ether oxygens (including phenoxy) is 1. The van der Waals surface area contributed by atoms with Crippen molar-refractivity contribution in [2.24, 2.45) is 0 Å². The van der Waals surface area contributed by atoms with Crippen LogP contribution in [0.5, 0.6) is 0 Å². The van der Waals surface area contributed by atoms with E-state index < -0.39 is 42.5 Å². The molecule has 0 saturated carbocycles. The Hall–Kier alpha value is -2.24. The number of imidazole rings is 1. The minimum absolute atomic E-state index is 0.0198. The van der Waals surface area contributed by atoms with Crippen molar-refractivity contribution in [3.8, 4) is 0 Å². The van der Waals surface area contributed by atoms with Crippen LogP contribution in [0.25, 0.3) is 11.2 Å². The molecule has 1 fully saturated rings. The van der Waals surface area contributed by atoms with Gasteiger partial charge in [-0.3, -0.25) is 14.3 Å².